The van der Waals surface area contributed by atoms with Crippen LogP contribution >= 0.6 is 0 Å². The Morgan fingerprint density at radius 1 is 0.967 bits per heavy atom. The van der Waals surface area contributed by atoms with E-state index in [0.29, 0.717) is 24.0 Å². The zero-order chi connectivity index (χ0) is 20.8. The predicted molar refractivity (Wildman–Crippen MR) is 122 cm³/mol. The van der Waals surface area contributed by atoms with Crippen LogP contribution in [0.15, 0.2) is 30.3 Å². The number of nitrogens with one attached hydrogen (secondary N) is 1. The van der Waals surface area contributed by atoms with E-state index in [1.807, 2.05) is 0 Å². The Morgan fingerprint density at radius 3 is 2.43 bits per heavy atom. The van der Waals surface area contributed by atoms with E-state index < -0.39 is 0 Å². The molecular weight excluding hydrogens is 372 g/mol. The van der Waals surface area contributed by atoms with Gasteiger partial charge in [-0.1, -0.05) is 30.3 Å². The highest BCUT2D eigenvalue weighted by atomic mass is 16.2. The van der Waals surface area contributed by atoms with Crippen LogP contribution in [0.5, 0.6) is 0 Å². The van der Waals surface area contributed by atoms with Gasteiger partial charge in [-0.3, -0.25) is 9.69 Å². The molecular formula is C25H40N4O. The van der Waals surface area contributed by atoms with Crippen LogP contribution in [-0.2, 0) is 11.2 Å². The predicted octanol–water partition coefficient (Wildman–Crippen LogP) is 2.79. The number of rotatable bonds is 6. The molecule has 2 saturated heterocycles. The first-order chi connectivity index (χ1) is 14.7. The van der Waals surface area contributed by atoms with Crippen LogP contribution in [0, 0.1) is 5.92 Å². The summed E-state index contributed by atoms with van der Waals surface area (Å²) in [4.78, 5) is 18.1. The average Bonchev–Trinajstić information content (AvgIpc) is 2.80. The van der Waals surface area contributed by atoms with Crippen molar-refractivity contribution in [1.82, 2.24) is 15.1 Å². The maximum Gasteiger partial charge on any atom is 0.224 e. The lowest BCUT2D eigenvalue weighted by Crippen LogP contribution is -2.52. The van der Waals surface area contributed by atoms with Crippen LogP contribution in [0.3, 0.4) is 0 Å². The minimum absolute atomic E-state index is 0.172. The molecule has 166 valence electrons. The van der Waals surface area contributed by atoms with Crippen LogP contribution in [0.4, 0.5) is 0 Å². The Bertz CT molecular complexity index is 650. The third-order valence-corrected chi connectivity index (χ3v) is 7.57. The highest BCUT2D eigenvalue weighted by Crippen LogP contribution is 2.25. The summed E-state index contributed by atoms with van der Waals surface area (Å²) in [7, 11) is 0. The molecule has 1 atom stereocenters. The van der Waals surface area contributed by atoms with Crippen molar-refractivity contribution in [3.63, 3.8) is 0 Å². The summed E-state index contributed by atoms with van der Waals surface area (Å²) in [6.45, 7) is 5.65. The normalized spacial score (nSPS) is 29.6. The number of hydrogen-bond acceptors (Lipinski definition) is 4. The van der Waals surface area contributed by atoms with E-state index in [1.165, 1.54) is 31.5 Å². The smallest absolute Gasteiger partial charge is 0.224 e. The second kappa shape index (κ2) is 10.7. The summed E-state index contributed by atoms with van der Waals surface area (Å²) < 4.78 is 0. The highest BCUT2D eigenvalue weighted by Gasteiger charge is 2.32. The molecule has 5 heteroatoms. The molecule has 1 aromatic rings. The second-order valence-corrected chi connectivity index (χ2v) is 9.76. The molecule has 1 aromatic carbocycles. The molecule has 4 rings (SSSR count). The molecule has 3 fully saturated rings. The number of likely N-dealkylation sites (tertiary alicyclic amines) is 2. The summed E-state index contributed by atoms with van der Waals surface area (Å²) >= 11 is 0. The Morgan fingerprint density at radius 2 is 1.70 bits per heavy atom. The van der Waals surface area contributed by atoms with Crippen LogP contribution in [0.2, 0.25) is 0 Å². The Labute approximate surface area is 182 Å². The fraction of sp³-hybridized carbons (Fsp3) is 0.720. The molecule has 3 N–H and O–H groups in total. The van der Waals surface area contributed by atoms with E-state index in [4.69, 9.17) is 5.73 Å². The minimum atomic E-state index is 0.172. The number of nitrogens with zero attached hydrogens (tertiary/aromatic N) is 2. The third kappa shape index (κ3) is 6.05. The largest absolute Gasteiger partial charge is 0.353 e. The van der Waals surface area contributed by atoms with Crippen LogP contribution in [0.1, 0.15) is 56.9 Å². The highest BCUT2D eigenvalue weighted by molar-refractivity contribution is 5.79. The van der Waals surface area contributed by atoms with Crippen LogP contribution in [0.25, 0.3) is 0 Å². The molecule has 1 saturated carbocycles. The third-order valence-electron chi connectivity index (χ3n) is 7.57. The fourth-order valence-corrected chi connectivity index (χ4v) is 5.57. The van der Waals surface area contributed by atoms with Gasteiger partial charge in [0, 0.05) is 31.2 Å². The molecule has 1 aliphatic carbocycles. The van der Waals surface area contributed by atoms with E-state index in [-0.39, 0.29) is 5.92 Å². The van der Waals surface area contributed by atoms with Gasteiger partial charge in [-0.05, 0) is 83.0 Å². The lowest BCUT2D eigenvalue weighted by atomic mass is 9.90. The average molecular weight is 413 g/mol. The summed E-state index contributed by atoms with van der Waals surface area (Å²) in [6, 6.07) is 12.2. The van der Waals surface area contributed by atoms with E-state index in [1.54, 1.807) is 0 Å². The number of hydrogen-bond donors (Lipinski definition) is 2. The SMILES string of the molecule is NC1CCC(NC(=O)[C@@H]2CCCN(C3CCN(CCc4ccccc4)CC3)C2)CC1. The quantitative estimate of drug-likeness (QED) is 0.754. The van der Waals surface area contributed by atoms with Gasteiger partial charge >= 0.3 is 0 Å². The maximum atomic E-state index is 12.9. The van der Waals surface area contributed by atoms with Gasteiger partial charge in [0.05, 0.1) is 5.92 Å². The standard InChI is InChI=1S/C25H40N4O/c26-22-8-10-23(11-9-22)27-25(30)21-7-4-15-29(19-21)24-13-17-28(18-14-24)16-12-20-5-2-1-3-6-20/h1-3,5-6,21-24H,4,7-19,26H2,(H,27,30)/t21-,22?,23?/m1/s1. The van der Waals surface area contributed by atoms with Crippen molar-refractivity contribution in [1.29, 1.82) is 0 Å². The molecule has 1 amide bonds. The van der Waals surface area contributed by atoms with Gasteiger partial charge in [0.25, 0.3) is 0 Å². The molecule has 3 aliphatic rings. The fourth-order valence-electron chi connectivity index (χ4n) is 5.57. The van der Waals surface area contributed by atoms with Crippen molar-refractivity contribution in [2.45, 2.75) is 75.9 Å². The molecule has 2 aliphatic heterocycles. The van der Waals surface area contributed by atoms with Gasteiger partial charge in [0.1, 0.15) is 0 Å². The van der Waals surface area contributed by atoms with Crippen LogP contribution in [-0.4, -0.2) is 66.6 Å². The number of benzene rings is 1. The van der Waals surface area contributed by atoms with E-state index >= 15 is 0 Å². The van der Waals surface area contributed by atoms with Crippen molar-refractivity contribution in [2.24, 2.45) is 11.7 Å². The van der Waals surface area contributed by atoms with Gasteiger partial charge in [-0.15, -0.1) is 0 Å². The van der Waals surface area contributed by atoms with Gasteiger partial charge in [-0.25, -0.2) is 0 Å². The van der Waals surface area contributed by atoms with Crippen LogP contribution < -0.4 is 11.1 Å². The Hall–Kier alpha value is -1.43. The summed E-state index contributed by atoms with van der Waals surface area (Å²) in [5.74, 6) is 0.464. The topological polar surface area (TPSA) is 61.6 Å². The van der Waals surface area contributed by atoms with Gasteiger partial charge in [0.15, 0.2) is 0 Å². The monoisotopic (exact) mass is 412 g/mol. The molecule has 0 aromatic heterocycles. The van der Waals surface area contributed by atoms with Crippen molar-refractivity contribution in [2.75, 3.05) is 32.7 Å². The zero-order valence-corrected chi connectivity index (χ0v) is 18.5. The first-order valence-electron chi connectivity index (χ1n) is 12.2. The van der Waals surface area contributed by atoms with Crippen molar-refractivity contribution >= 4 is 5.91 Å². The molecule has 30 heavy (non-hydrogen) atoms. The number of carbonyl (C=O) groups is 1. The minimum Gasteiger partial charge on any atom is -0.353 e. The first-order valence-corrected chi connectivity index (χ1v) is 12.2. The lowest BCUT2D eigenvalue weighted by molar-refractivity contribution is -0.128. The number of carbonyl (C=O) groups excluding carboxylic acids is 1. The lowest BCUT2D eigenvalue weighted by Gasteiger charge is -2.42. The summed E-state index contributed by atoms with van der Waals surface area (Å²) in [5, 5.41) is 3.34. The molecule has 0 bridgehead atoms. The van der Waals surface area contributed by atoms with Crippen molar-refractivity contribution in [3.05, 3.63) is 35.9 Å². The second-order valence-electron chi connectivity index (χ2n) is 9.76. The van der Waals surface area contributed by atoms with Gasteiger partial charge in [0.2, 0.25) is 5.91 Å². The van der Waals surface area contributed by atoms with Gasteiger partial charge < -0.3 is 16.0 Å². The maximum absolute atomic E-state index is 12.9. The van der Waals surface area contributed by atoms with Crippen molar-refractivity contribution in [3.8, 4) is 0 Å². The molecule has 0 unspecified atom stereocenters. The first kappa shape index (κ1) is 21.8. The molecule has 5 nitrogen and oxygen atoms in total. The number of amides is 1. The zero-order valence-electron chi connectivity index (χ0n) is 18.5. The van der Waals surface area contributed by atoms with E-state index in [9.17, 15) is 4.79 Å². The molecule has 0 radical (unpaired) electrons. The number of piperidine rings is 2. The van der Waals surface area contributed by atoms with Crippen molar-refractivity contribution < 1.29 is 4.79 Å². The number of nitrogens with two attached hydrogens (primary N) is 1. The Balaban J connectivity index is 1.19. The molecule has 0 spiro atoms. The summed E-state index contributed by atoms with van der Waals surface area (Å²) in [5.41, 5.74) is 7.44. The van der Waals surface area contributed by atoms with Gasteiger partial charge in [-0.2, -0.15) is 0 Å². The molecule has 2 heterocycles. The summed E-state index contributed by atoms with van der Waals surface area (Å²) in [6.07, 6.45) is 10.0. The van der Waals surface area contributed by atoms with E-state index in [0.717, 1.165) is 64.6 Å². The van der Waals surface area contributed by atoms with E-state index in [2.05, 4.69) is 45.4 Å². The Kier molecular flexibility index (Phi) is 7.80.